The van der Waals surface area contributed by atoms with Crippen molar-refractivity contribution in [3.8, 4) is 11.5 Å². The summed E-state index contributed by atoms with van der Waals surface area (Å²) in [5, 5.41) is 0. The number of methoxy groups -OCH3 is 1. The van der Waals surface area contributed by atoms with Gasteiger partial charge in [0.2, 0.25) is 0 Å². The van der Waals surface area contributed by atoms with Crippen LogP contribution in [0.5, 0.6) is 11.5 Å². The van der Waals surface area contributed by atoms with Crippen molar-refractivity contribution in [3.63, 3.8) is 0 Å². The standard InChI is InChI=1S/C13H21NO2S.ClH/c1-15-12-6-4-7-13(9-12)16-8-3-2-5-11(14)10-17;/h4,6-7,9,11,17H,2-3,5,8,10,14H2,1H3;1H/t11-;/m1./s1. The van der Waals surface area contributed by atoms with Crippen molar-refractivity contribution in [1.82, 2.24) is 0 Å². The summed E-state index contributed by atoms with van der Waals surface area (Å²) in [4.78, 5) is 0. The highest BCUT2D eigenvalue weighted by Gasteiger charge is 2.00. The van der Waals surface area contributed by atoms with Crippen LogP contribution < -0.4 is 15.2 Å². The van der Waals surface area contributed by atoms with Gasteiger partial charge in [-0.15, -0.1) is 12.4 Å². The molecular formula is C13H22ClNO2S. The molecule has 0 radical (unpaired) electrons. The van der Waals surface area contributed by atoms with Gasteiger partial charge < -0.3 is 15.2 Å². The summed E-state index contributed by atoms with van der Waals surface area (Å²) >= 11 is 4.15. The van der Waals surface area contributed by atoms with Gasteiger partial charge in [-0.3, -0.25) is 0 Å². The molecule has 2 N–H and O–H groups in total. The highest BCUT2D eigenvalue weighted by molar-refractivity contribution is 7.80. The molecule has 1 rings (SSSR count). The Balaban J connectivity index is 0.00000289. The maximum atomic E-state index is 5.77. The molecule has 5 heteroatoms. The molecule has 0 amide bonds. The van der Waals surface area contributed by atoms with Crippen LogP contribution >= 0.6 is 25.0 Å². The van der Waals surface area contributed by atoms with E-state index in [-0.39, 0.29) is 18.4 Å². The fraction of sp³-hybridized carbons (Fsp3) is 0.538. The van der Waals surface area contributed by atoms with Crippen molar-refractivity contribution >= 4 is 25.0 Å². The van der Waals surface area contributed by atoms with Crippen molar-refractivity contribution in [2.24, 2.45) is 5.73 Å². The van der Waals surface area contributed by atoms with Gasteiger partial charge in [0, 0.05) is 17.9 Å². The van der Waals surface area contributed by atoms with Gasteiger partial charge in [0.05, 0.1) is 13.7 Å². The second-order valence-corrected chi connectivity index (χ2v) is 4.33. The van der Waals surface area contributed by atoms with Gasteiger partial charge in [-0.1, -0.05) is 6.07 Å². The van der Waals surface area contributed by atoms with E-state index in [4.69, 9.17) is 15.2 Å². The number of thiol groups is 1. The van der Waals surface area contributed by atoms with E-state index in [0.717, 1.165) is 36.5 Å². The molecule has 0 aliphatic heterocycles. The number of unbranched alkanes of at least 4 members (excludes halogenated alkanes) is 1. The number of ether oxygens (including phenoxy) is 2. The molecule has 0 heterocycles. The molecule has 1 atom stereocenters. The fourth-order valence-electron chi connectivity index (χ4n) is 1.48. The Morgan fingerprint density at radius 3 is 2.67 bits per heavy atom. The van der Waals surface area contributed by atoms with Crippen molar-refractivity contribution in [3.05, 3.63) is 24.3 Å². The van der Waals surface area contributed by atoms with Crippen LogP contribution in [0.15, 0.2) is 24.3 Å². The normalized spacial score (nSPS) is 11.5. The maximum Gasteiger partial charge on any atom is 0.122 e. The summed E-state index contributed by atoms with van der Waals surface area (Å²) in [7, 11) is 1.65. The Labute approximate surface area is 121 Å². The van der Waals surface area contributed by atoms with E-state index in [0.29, 0.717) is 6.61 Å². The first-order valence-electron chi connectivity index (χ1n) is 5.89. The molecule has 0 fully saturated rings. The summed E-state index contributed by atoms with van der Waals surface area (Å²) in [5.41, 5.74) is 5.77. The topological polar surface area (TPSA) is 44.5 Å². The molecule has 0 aliphatic rings. The third kappa shape index (κ3) is 6.99. The summed E-state index contributed by atoms with van der Waals surface area (Å²) in [6, 6.07) is 7.85. The van der Waals surface area contributed by atoms with E-state index in [1.165, 1.54) is 0 Å². The summed E-state index contributed by atoms with van der Waals surface area (Å²) in [6.45, 7) is 0.715. The molecule has 1 aromatic rings. The molecule has 0 aliphatic carbocycles. The molecule has 0 spiro atoms. The van der Waals surface area contributed by atoms with E-state index in [2.05, 4.69) is 12.6 Å². The third-order valence-electron chi connectivity index (χ3n) is 2.51. The third-order valence-corrected chi connectivity index (χ3v) is 2.98. The smallest absolute Gasteiger partial charge is 0.122 e. The van der Waals surface area contributed by atoms with E-state index >= 15 is 0 Å². The average Bonchev–Trinajstić information content (AvgIpc) is 2.38. The Morgan fingerprint density at radius 2 is 2.00 bits per heavy atom. The van der Waals surface area contributed by atoms with Crippen LogP contribution in [0.4, 0.5) is 0 Å². The van der Waals surface area contributed by atoms with Crippen molar-refractivity contribution in [2.45, 2.75) is 25.3 Å². The Morgan fingerprint density at radius 1 is 1.28 bits per heavy atom. The Bertz CT molecular complexity index is 326. The first kappa shape index (κ1) is 17.4. The van der Waals surface area contributed by atoms with Gasteiger partial charge in [0.1, 0.15) is 11.5 Å². The van der Waals surface area contributed by atoms with Crippen molar-refractivity contribution < 1.29 is 9.47 Å². The maximum absolute atomic E-state index is 5.77. The lowest BCUT2D eigenvalue weighted by Crippen LogP contribution is -2.21. The predicted molar refractivity (Wildman–Crippen MR) is 81.4 cm³/mol. The molecule has 104 valence electrons. The highest BCUT2D eigenvalue weighted by atomic mass is 35.5. The molecule has 0 unspecified atom stereocenters. The quantitative estimate of drug-likeness (QED) is 0.572. The van der Waals surface area contributed by atoms with Crippen LogP contribution in [0, 0.1) is 0 Å². The Hall–Kier alpha value is -0.580. The predicted octanol–water partition coefficient (Wildman–Crippen LogP) is 2.92. The van der Waals surface area contributed by atoms with Crippen LogP contribution in [0.3, 0.4) is 0 Å². The average molecular weight is 292 g/mol. The molecule has 0 saturated heterocycles. The zero-order chi connectivity index (χ0) is 12.5. The first-order chi connectivity index (χ1) is 8.26. The largest absolute Gasteiger partial charge is 0.497 e. The first-order valence-corrected chi connectivity index (χ1v) is 6.53. The number of hydrogen-bond acceptors (Lipinski definition) is 4. The number of rotatable bonds is 8. The van der Waals surface area contributed by atoms with Gasteiger partial charge in [0.15, 0.2) is 0 Å². The van der Waals surface area contributed by atoms with E-state index in [9.17, 15) is 0 Å². The monoisotopic (exact) mass is 291 g/mol. The van der Waals surface area contributed by atoms with Gasteiger partial charge in [-0.25, -0.2) is 0 Å². The molecule has 18 heavy (non-hydrogen) atoms. The molecule has 0 aromatic heterocycles. The second-order valence-electron chi connectivity index (χ2n) is 3.97. The SMILES string of the molecule is COc1cccc(OCCCC[C@@H](N)CS)c1.Cl. The van der Waals surface area contributed by atoms with Crippen molar-refractivity contribution in [2.75, 3.05) is 19.5 Å². The van der Waals surface area contributed by atoms with E-state index in [1.807, 2.05) is 24.3 Å². The summed E-state index contributed by atoms with van der Waals surface area (Å²) in [6.07, 6.45) is 3.09. The van der Waals surface area contributed by atoms with Crippen molar-refractivity contribution in [1.29, 1.82) is 0 Å². The lowest BCUT2D eigenvalue weighted by atomic mass is 10.1. The highest BCUT2D eigenvalue weighted by Crippen LogP contribution is 2.19. The van der Waals surface area contributed by atoms with Crippen LogP contribution in [-0.2, 0) is 0 Å². The van der Waals surface area contributed by atoms with Gasteiger partial charge >= 0.3 is 0 Å². The molecular weight excluding hydrogens is 270 g/mol. The Kier molecular flexibility index (Phi) is 10.0. The zero-order valence-electron chi connectivity index (χ0n) is 10.7. The van der Waals surface area contributed by atoms with Gasteiger partial charge in [-0.2, -0.15) is 12.6 Å². The number of benzene rings is 1. The molecule has 0 bridgehead atoms. The minimum absolute atomic E-state index is 0. The number of hydrogen-bond donors (Lipinski definition) is 2. The van der Waals surface area contributed by atoms with Gasteiger partial charge in [0.25, 0.3) is 0 Å². The number of halogens is 1. The van der Waals surface area contributed by atoms with E-state index < -0.39 is 0 Å². The zero-order valence-corrected chi connectivity index (χ0v) is 12.4. The minimum atomic E-state index is 0. The molecule has 0 saturated carbocycles. The summed E-state index contributed by atoms with van der Waals surface area (Å²) < 4.78 is 10.7. The lowest BCUT2D eigenvalue weighted by molar-refractivity contribution is 0.301. The van der Waals surface area contributed by atoms with E-state index in [1.54, 1.807) is 7.11 Å². The van der Waals surface area contributed by atoms with Crippen LogP contribution in [0.2, 0.25) is 0 Å². The minimum Gasteiger partial charge on any atom is -0.497 e. The fourth-order valence-corrected chi connectivity index (χ4v) is 1.66. The van der Waals surface area contributed by atoms with Crippen LogP contribution in [-0.4, -0.2) is 25.5 Å². The lowest BCUT2D eigenvalue weighted by Gasteiger charge is -2.09. The molecule has 1 aromatic carbocycles. The number of nitrogens with two attached hydrogens (primary N) is 1. The van der Waals surface area contributed by atoms with Gasteiger partial charge in [-0.05, 0) is 31.4 Å². The molecule has 3 nitrogen and oxygen atoms in total. The van der Waals surface area contributed by atoms with Crippen LogP contribution in [0.25, 0.3) is 0 Å². The van der Waals surface area contributed by atoms with Crippen LogP contribution in [0.1, 0.15) is 19.3 Å². The summed E-state index contributed by atoms with van der Waals surface area (Å²) in [5.74, 6) is 2.42. The second kappa shape index (κ2) is 10.4.